The Labute approximate surface area is 99.7 Å². The number of esters is 1. The lowest BCUT2D eigenvalue weighted by Gasteiger charge is -2.05. The maximum atomic E-state index is 11.3. The smallest absolute Gasteiger partial charge is 0.308 e. The first-order valence-corrected chi connectivity index (χ1v) is 4.52. The Morgan fingerprint density at radius 3 is 2.67 bits per heavy atom. The van der Waals surface area contributed by atoms with Crippen molar-refractivity contribution in [1.29, 1.82) is 0 Å². The molecule has 0 spiro atoms. The molecule has 0 saturated heterocycles. The summed E-state index contributed by atoms with van der Waals surface area (Å²) in [6.07, 6.45) is 0. The van der Waals surface area contributed by atoms with Gasteiger partial charge in [0.1, 0.15) is 5.75 Å². The van der Waals surface area contributed by atoms with Gasteiger partial charge < -0.3 is 4.74 Å². The second kappa shape index (κ2) is 5.41. The van der Waals surface area contributed by atoms with Gasteiger partial charge in [-0.2, -0.15) is 0 Å². The van der Waals surface area contributed by atoms with Gasteiger partial charge in [0.15, 0.2) is 0 Å². The Bertz CT molecular complexity index is 576. The van der Waals surface area contributed by atoms with E-state index in [1.54, 1.807) is 0 Å². The minimum atomic E-state index is -0.997. The molecule has 0 heterocycles. The van der Waals surface area contributed by atoms with E-state index in [0.29, 0.717) is 0 Å². The van der Waals surface area contributed by atoms with Crippen molar-refractivity contribution in [3.8, 4) is 5.75 Å². The largest absolute Gasteiger partial charge is 0.426 e. The maximum Gasteiger partial charge on any atom is 0.308 e. The fraction of sp³-hybridized carbons (Fsp3) is 0.111. The minimum Gasteiger partial charge on any atom is -0.426 e. The molecule has 9 nitrogen and oxygen atoms in total. The predicted octanol–water partition coefficient (Wildman–Crippen LogP) is 1.97. The Kier molecular flexibility index (Phi) is 3.95. The van der Waals surface area contributed by atoms with E-state index in [9.17, 15) is 19.7 Å². The number of hydrogen-bond donors (Lipinski definition) is 0. The van der Waals surface area contributed by atoms with Crippen molar-refractivity contribution < 1.29 is 19.2 Å². The van der Waals surface area contributed by atoms with Crippen molar-refractivity contribution in [2.75, 3.05) is 0 Å². The van der Waals surface area contributed by atoms with Gasteiger partial charge in [-0.1, -0.05) is 0 Å². The van der Waals surface area contributed by atoms with Crippen LogP contribution in [0.15, 0.2) is 23.3 Å². The molecule has 0 unspecified atom stereocenters. The number of azide groups is 1. The molecule has 0 saturated carbocycles. The van der Waals surface area contributed by atoms with Crippen LogP contribution in [-0.4, -0.2) is 16.8 Å². The predicted molar refractivity (Wildman–Crippen MR) is 57.9 cm³/mol. The van der Waals surface area contributed by atoms with Gasteiger partial charge in [0.05, 0.1) is 16.6 Å². The number of amides is 1. The molecule has 0 fully saturated rings. The zero-order valence-electron chi connectivity index (χ0n) is 9.06. The van der Waals surface area contributed by atoms with Crippen LogP contribution in [0, 0.1) is 10.1 Å². The van der Waals surface area contributed by atoms with Crippen molar-refractivity contribution in [3.05, 3.63) is 44.3 Å². The first kappa shape index (κ1) is 13.1. The van der Waals surface area contributed by atoms with E-state index in [-0.39, 0.29) is 17.0 Å². The number of nitro groups is 1. The summed E-state index contributed by atoms with van der Waals surface area (Å²) in [5, 5.41) is 13.4. The summed E-state index contributed by atoms with van der Waals surface area (Å²) in [5.41, 5.74) is 7.55. The number of rotatable bonds is 3. The molecular weight excluding hydrogens is 244 g/mol. The number of carbonyl (C=O) groups excluding carboxylic acids is 2. The van der Waals surface area contributed by atoms with Crippen LogP contribution in [0.2, 0.25) is 0 Å². The summed E-state index contributed by atoms with van der Waals surface area (Å²) in [7, 11) is 0. The Morgan fingerprint density at radius 2 is 2.17 bits per heavy atom. The SMILES string of the molecule is CC(=O)Oc1cc([N+](=O)[O-])ccc1C(=O)N=[N+]=[N-]. The average Bonchev–Trinajstić information content (AvgIpc) is 2.28. The number of nitro benzene ring substituents is 1. The van der Waals surface area contributed by atoms with Crippen molar-refractivity contribution in [1.82, 2.24) is 0 Å². The van der Waals surface area contributed by atoms with E-state index in [2.05, 4.69) is 14.8 Å². The number of hydrogen-bond acceptors (Lipinski definition) is 5. The molecule has 1 amide bonds. The zero-order chi connectivity index (χ0) is 13.7. The monoisotopic (exact) mass is 250 g/mol. The molecule has 0 N–H and O–H groups in total. The first-order valence-electron chi connectivity index (χ1n) is 4.52. The second-order valence-corrected chi connectivity index (χ2v) is 3.03. The van der Waals surface area contributed by atoms with Gasteiger partial charge in [-0.25, -0.2) is 0 Å². The Hall–Kier alpha value is -2.93. The van der Waals surface area contributed by atoms with Crippen LogP contribution < -0.4 is 4.74 Å². The highest BCUT2D eigenvalue weighted by Gasteiger charge is 2.17. The molecule has 0 aliphatic heterocycles. The highest BCUT2D eigenvalue weighted by atomic mass is 16.6. The van der Waals surface area contributed by atoms with E-state index < -0.39 is 16.8 Å². The quantitative estimate of drug-likeness (QED) is 0.153. The molecule has 92 valence electrons. The van der Waals surface area contributed by atoms with Crippen LogP contribution >= 0.6 is 0 Å². The van der Waals surface area contributed by atoms with Crippen LogP contribution in [0.1, 0.15) is 17.3 Å². The Balaban J connectivity index is 3.32. The van der Waals surface area contributed by atoms with Gasteiger partial charge in [-0.3, -0.25) is 19.7 Å². The highest BCUT2D eigenvalue weighted by molar-refractivity contribution is 5.98. The third-order valence-corrected chi connectivity index (χ3v) is 1.80. The molecule has 0 radical (unpaired) electrons. The molecule has 1 aromatic carbocycles. The van der Waals surface area contributed by atoms with Crippen molar-refractivity contribution in [2.45, 2.75) is 6.92 Å². The van der Waals surface area contributed by atoms with Gasteiger partial charge in [0.25, 0.3) is 11.6 Å². The van der Waals surface area contributed by atoms with Crippen LogP contribution in [0.3, 0.4) is 0 Å². The minimum absolute atomic E-state index is 0.228. The van der Waals surface area contributed by atoms with Gasteiger partial charge in [-0.05, 0) is 16.7 Å². The number of non-ortho nitro benzene ring substituents is 1. The first-order chi connectivity index (χ1) is 8.45. The van der Waals surface area contributed by atoms with Crippen LogP contribution in [0.4, 0.5) is 5.69 Å². The highest BCUT2D eigenvalue weighted by Crippen LogP contribution is 2.25. The van der Waals surface area contributed by atoms with Gasteiger partial charge in [0, 0.05) is 17.9 Å². The zero-order valence-corrected chi connectivity index (χ0v) is 9.06. The molecular formula is C9H6N4O5. The molecule has 9 heteroatoms. The van der Waals surface area contributed by atoms with Crippen molar-refractivity contribution in [3.63, 3.8) is 0 Å². The summed E-state index contributed by atoms with van der Waals surface area (Å²) in [6.45, 7) is 1.07. The van der Waals surface area contributed by atoms with Crippen molar-refractivity contribution >= 4 is 17.6 Å². The third-order valence-electron chi connectivity index (χ3n) is 1.80. The summed E-state index contributed by atoms with van der Waals surface area (Å²) in [6, 6.07) is 2.99. The fourth-order valence-corrected chi connectivity index (χ4v) is 1.14. The average molecular weight is 250 g/mol. The molecule has 0 atom stereocenters. The number of ether oxygens (including phenoxy) is 1. The van der Waals surface area contributed by atoms with E-state index in [1.807, 2.05) is 0 Å². The number of benzene rings is 1. The van der Waals surface area contributed by atoms with Gasteiger partial charge in [-0.15, -0.1) is 0 Å². The van der Waals surface area contributed by atoms with Crippen molar-refractivity contribution in [2.24, 2.45) is 5.11 Å². The molecule has 18 heavy (non-hydrogen) atoms. The second-order valence-electron chi connectivity index (χ2n) is 3.03. The van der Waals surface area contributed by atoms with Crippen LogP contribution in [0.5, 0.6) is 5.75 Å². The van der Waals surface area contributed by atoms with Crippen LogP contribution in [-0.2, 0) is 4.79 Å². The van der Waals surface area contributed by atoms with E-state index >= 15 is 0 Å². The molecule has 0 aromatic heterocycles. The Morgan fingerprint density at radius 1 is 1.50 bits per heavy atom. The van der Waals surface area contributed by atoms with E-state index in [4.69, 9.17) is 5.53 Å². The molecule has 0 aliphatic rings. The van der Waals surface area contributed by atoms with E-state index in [1.165, 1.54) is 0 Å². The summed E-state index contributed by atoms with van der Waals surface area (Å²) >= 11 is 0. The lowest BCUT2D eigenvalue weighted by Crippen LogP contribution is -2.07. The lowest BCUT2D eigenvalue weighted by atomic mass is 10.1. The summed E-state index contributed by atoms with van der Waals surface area (Å²) in [4.78, 5) is 34.3. The standard InChI is InChI=1S/C9H6N4O5/c1-5(14)18-8-4-6(13(16)17)2-3-7(8)9(15)11-12-10/h2-4H,1H3. The lowest BCUT2D eigenvalue weighted by molar-refractivity contribution is -0.384. The third kappa shape index (κ3) is 3.03. The summed E-state index contributed by atoms with van der Waals surface area (Å²) in [5.74, 6) is -2.08. The van der Waals surface area contributed by atoms with Gasteiger partial charge >= 0.3 is 5.97 Å². The molecule has 1 aromatic rings. The molecule has 1 rings (SSSR count). The topological polar surface area (TPSA) is 135 Å². The van der Waals surface area contributed by atoms with Gasteiger partial charge in [0.2, 0.25) is 0 Å². The number of carbonyl (C=O) groups is 2. The van der Waals surface area contributed by atoms with Crippen LogP contribution in [0.25, 0.3) is 10.4 Å². The van der Waals surface area contributed by atoms with E-state index in [0.717, 1.165) is 25.1 Å². The normalized spacial score (nSPS) is 9.17. The maximum absolute atomic E-state index is 11.3. The fourth-order valence-electron chi connectivity index (χ4n) is 1.14. The molecule has 0 aliphatic carbocycles. The summed E-state index contributed by atoms with van der Waals surface area (Å²) < 4.78 is 4.66. The number of nitrogens with zero attached hydrogens (tertiary/aromatic N) is 4. The molecule has 0 bridgehead atoms.